The van der Waals surface area contributed by atoms with Gasteiger partial charge in [-0.05, 0) is 56.8 Å². The molecule has 0 unspecified atom stereocenters. The van der Waals surface area contributed by atoms with Crippen molar-refractivity contribution in [2.45, 2.75) is 37.8 Å². The normalized spacial score (nSPS) is 19.8. The summed E-state index contributed by atoms with van der Waals surface area (Å²) in [5, 5.41) is 21.7. The molecule has 1 fully saturated rings. The number of hydrogen-bond acceptors (Lipinski definition) is 4. The van der Waals surface area contributed by atoms with E-state index in [0.29, 0.717) is 30.1 Å². The van der Waals surface area contributed by atoms with Gasteiger partial charge in [-0.25, -0.2) is 0 Å². The van der Waals surface area contributed by atoms with Crippen molar-refractivity contribution >= 4 is 90.7 Å². The number of aromatic hydroxyl groups is 2. The molecule has 2 aromatic carbocycles. The van der Waals surface area contributed by atoms with Crippen molar-refractivity contribution in [2.75, 3.05) is 0 Å². The Labute approximate surface area is 211 Å². The van der Waals surface area contributed by atoms with E-state index in [2.05, 4.69) is 41.8 Å². The molecular formula is C20H16Br2Cl4N2O2. The molecule has 1 saturated carbocycles. The lowest BCUT2D eigenvalue weighted by Gasteiger charge is -2.25. The first kappa shape index (κ1) is 24.1. The molecule has 160 valence electrons. The van der Waals surface area contributed by atoms with Gasteiger partial charge >= 0.3 is 0 Å². The summed E-state index contributed by atoms with van der Waals surface area (Å²) in [5.74, 6) is -0.0378. The molecule has 4 nitrogen and oxygen atoms in total. The number of rotatable bonds is 4. The number of phenolic OH excluding ortho intramolecular Hbond substituents is 2. The SMILES string of the molecule is Oc1c(C=N[C@@H]2CCCC[C@H]2N=Cc2cc(Cl)c(Cl)c(Br)c2O)cc(Cl)c(Cl)c1Br. The lowest BCUT2D eigenvalue weighted by molar-refractivity contribution is 0.390. The van der Waals surface area contributed by atoms with Gasteiger partial charge in [-0.15, -0.1) is 0 Å². The van der Waals surface area contributed by atoms with Crippen LogP contribution in [-0.4, -0.2) is 34.7 Å². The van der Waals surface area contributed by atoms with Crippen LogP contribution in [0.5, 0.6) is 11.5 Å². The van der Waals surface area contributed by atoms with Crippen LogP contribution in [0.1, 0.15) is 36.8 Å². The molecular weight excluding hydrogens is 602 g/mol. The van der Waals surface area contributed by atoms with Gasteiger partial charge in [0.05, 0.1) is 41.1 Å². The number of nitrogens with zero attached hydrogens (tertiary/aromatic N) is 2. The van der Waals surface area contributed by atoms with E-state index in [1.165, 1.54) is 0 Å². The van der Waals surface area contributed by atoms with Crippen molar-refractivity contribution in [2.24, 2.45) is 9.98 Å². The average molecular weight is 618 g/mol. The third kappa shape index (κ3) is 5.28. The van der Waals surface area contributed by atoms with Gasteiger partial charge in [0.25, 0.3) is 0 Å². The van der Waals surface area contributed by atoms with E-state index < -0.39 is 0 Å². The molecule has 1 aliphatic rings. The fourth-order valence-corrected chi connectivity index (χ4v) is 5.02. The monoisotopic (exact) mass is 614 g/mol. The number of aliphatic imine (C=N–C) groups is 2. The van der Waals surface area contributed by atoms with E-state index in [1.807, 2.05) is 0 Å². The second-order valence-electron chi connectivity index (χ2n) is 6.82. The van der Waals surface area contributed by atoms with Crippen LogP contribution in [-0.2, 0) is 0 Å². The lowest BCUT2D eigenvalue weighted by atomic mass is 9.91. The predicted octanol–water partition coefficient (Wildman–Crippen LogP) is 8.09. The minimum absolute atomic E-state index is 0.0189. The average Bonchev–Trinajstić information content (AvgIpc) is 2.74. The van der Waals surface area contributed by atoms with Crippen LogP contribution in [0.2, 0.25) is 20.1 Å². The van der Waals surface area contributed by atoms with Crippen LogP contribution in [0.4, 0.5) is 0 Å². The largest absolute Gasteiger partial charge is 0.506 e. The summed E-state index contributed by atoms with van der Waals surface area (Å²) >= 11 is 30.7. The summed E-state index contributed by atoms with van der Waals surface area (Å²) in [7, 11) is 0. The van der Waals surface area contributed by atoms with Gasteiger partial charge < -0.3 is 10.2 Å². The third-order valence-corrected chi connectivity index (χ3v) is 8.41. The van der Waals surface area contributed by atoms with Crippen LogP contribution in [0.3, 0.4) is 0 Å². The van der Waals surface area contributed by atoms with Gasteiger partial charge in [-0.3, -0.25) is 9.98 Å². The van der Waals surface area contributed by atoms with Crippen LogP contribution in [0.25, 0.3) is 0 Å². The van der Waals surface area contributed by atoms with E-state index in [4.69, 9.17) is 46.4 Å². The highest BCUT2D eigenvalue weighted by Crippen LogP contribution is 2.40. The zero-order valence-corrected chi connectivity index (χ0v) is 21.5. The van der Waals surface area contributed by atoms with Gasteiger partial charge in [-0.1, -0.05) is 59.2 Å². The Balaban J connectivity index is 1.85. The first-order valence-corrected chi connectivity index (χ1v) is 12.1. The predicted molar refractivity (Wildman–Crippen MR) is 133 cm³/mol. The summed E-state index contributed by atoms with van der Waals surface area (Å²) < 4.78 is 0.661. The second-order valence-corrected chi connectivity index (χ2v) is 9.98. The molecule has 0 aromatic heterocycles. The van der Waals surface area contributed by atoms with Crippen molar-refractivity contribution in [1.29, 1.82) is 0 Å². The lowest BCUT2D eigenvalue weighted by Crippen LogP contribution is -2.27. The molecule has 0 bridgehead atoms. The van der Waals surface area contributed by atoms with Crippen molar-refractivity contribution in [3.05, 3.63) is 52.3 Å². The maximum atomic E-state index is 10.3. The summed E-state index contributed by atoms with van der Waals surface area (Å²) in [4.78, 5) is 9.30. The molecule has 0 aliphatic heterocycles. The van der Waals surface area contributed by atoms with Crippen molar-refractivity contribution in [1.82, 2.24) is 0 Å². The summed E-state index contributed by atoms with van der Waals surface area (Å²) in [6.07, 6.45) is 6.98. The fourth-order valence-electron chi connectivity index (χ4n) is 3.20. The maximum absolute atomic E-state index is 10.3. The van der Waals surface area contributed by atoms with Crippen molar-refractivity contribution < 1.29 is 10.2 Å². The van der Waals surface area contributed by atoms with E-state index in [1.54, 1.807) is 24.6 Å². The highest BCUT2D eigenvalue weighted by Gasteiger charge is 2.24. The van der Waals surface area contributed by atoms with E-state index in [0.717, 1.165) is 25.7 Å². The molecule has 0 amide bonds. The smallest absolute Gasteiger partial charge is 0.140 e. The summed E-state index contributed by atoms with van der Waals surface area (Å²) in [6, 6.07) is 2.99. The number of halogens is 6. The topological polar surface area (TPSA) is 65.2 Å². The second kappa shape index (κ2) is 10.4. The zero-order valence-electron chi connectivity index (χ0n) is 15.3. The molecule has 0 heterocycles. The van der Waals surface area contributed by atoms with Crippen LogP contribution in [0.15, 0.2) is 31.1 Å². The Hall–Kier alpha value is -0.500. The summed E-state index contributed by atoms with van der Waals surface area (Å²) in [5.41, 5.74) is 0.936. The summed E-state index contributed by atoms with van der Waals surface area (Å²) in [6.45, 7) is 0. The standard InChI is InChI=1S/C20H16Br2Cl4N2O2/c21-15-17(25)11(23)5-9(19(15)29)7-27-13-3-1-2-4-14(13)28-8-10-6-12(24)18(26)16(22)20(10)30/h5-8,13-14,29-30H,1-4H2/t13-,14-/m1/s1. The van der Waals surface area contributed by atoms with Crippen LogP contribution in [0, 0.1) is 0 Å². The van der Waals surface area contributed by atoms with Crippen LogP contribution < -0.4 is 0 Å². The number of benzene rings is 2. The molecule has 1 aliphatic carbocycles. The van der Waals surface area contributed by atoms with Gasteiger partial charge in [-0.2, -0.15) is 0 Å². The van der Waals surface area contributed by atoms with E-state index in [-0.39, 0.29) is 33.6 Å². The van der Waals surface area contributed by atoms with Gasteiger partial charge in [0, 0.05) is 23.6 Å². The first-order valence-electron chi connectivity index (χ1n) is 9.00. The highest BCUT2D eigenvalue weighted by atomic mass is 79.9. The number of phenols is 2. The van der Waals surface area contributed by atoms with Gasteiger partial charge in [0.2, 0.25) is 0 Å². The van der Waals surface area contributed by atoms with E-state index in [9.17, 15) is 10.2 Å². The molecule has 3 rings (SSSR count). The van der Waals surface area contributed by atoms with Crippen molar-refractivity contribution in [3.63, 3.8) is 0 Å². The Kier molecular flexibility index (Phi) is 8.38. The minimum atomic E-state index is -0.0732. The molecule has 0 spiro atoms. The van der Waals surface area contributed by atoms with Crippen molar-refractivity contribution in [3.8, 4) is 11.5 Å². The molecule has 10 heteroatoms. The van der Waals surface area contributed by atoms with Gasteiger partial charge in [0.1, 0.15) is 11.5 Å². The molecule has 2 atom stereocenters. The highest BCUT2D eigenvalue weighted by molar-refractivity contribution is 9.11. The van der Waals surface area contributed by atoms with E-state index >= 15 is 0 Å². The Morgan fingerprint density at radius 3 is 1.50 bits per heavy atom. The fraction of sp³-hybridized carbons (Fsp3) is 0.300. The minimum Gasteiger partial charge on any atom is -0.506 e. The Bertz CT molecular complexity index is 949. The molecule has 0 radical (unpaired) electrons. The van der Waals surface area contributed by atoms with Crippen LogP contribution >= 0.6 is 78.3 Å². The molecule has 0 saturated heterocycles. The third-order valence-electron chi connectivity index (χ3n) is 4.84. The number of hydrogen-bond donors (Lipinski definition) is 2. The Morgan fingerprint density at radius 2 is 1.13 bits per heavy atom. The quantitative estimate of drug-likeness (QED) is 0.269. The molecule has 2 aromatic rings. The van der Waals surface area contributed by atoms with Gasteiger partial charge in [0.15, 0.2) is 0 Å². The Morgan fingerprint density at radius 1 is 0.767 bits per heavy atom. The molecule has 2 N–H and O–H groups in total. The zero-order chi connectivity index (χ0) is 22.0. The maximum Gasteiger partial charge on any atom is 0.140 e. The first-order chi connectivity index (χ1) is 14.2. The molecule has 30 heavy (non-hydrogen) atoms.